The molecule has 2 aromatic heterocycles. The molecule has 118 valence electrons. The minimum absolute atomic E-state index is 0.120. The maximum absolute atomic E-state index is 6.08. The molecule has 4 rings (SSSR count). The van der Waals surface area contributed by atoms with E-state index >= 15 is 0 Å². The quantitative estimate of drug-likeness (QED) is 0.730. The van der Waals surface area contributed by atoms with Gasteiger partial charge in [-0.3, -0.25) is 4.98 Å². The standard InChI is InChI=1S/C17H16ClN3O2/c1-11-9-19-6-4-15(11)22-13-5-7-21(10-13)17-20-14-8-12(18)2-3-16(14)23-17/h2-4,6,8-9,13H,5,7,10H2,1H3. The highest BCUT2D eigenvalue weighted by Gasteiger charge is 2.27. The molecule has 3 aromatic rings. The zero-order valence-corrected chi connectivity index (χ0v) is 13.5. The molecule has 0 aliphatic carbocycles. The summed E-state index contributed by atoms with van der Waals surface area (Å²) in [6, 6.07) is 7.99. The Bertz CT molecular complexity index is 849. The predicted octanol–water partition coefficient (Wildman–Crippen LogP) is 3.84. The fraction of sp³-hybridized carbons (Fsp3) is 0.294. The molecule has 0 spiro atoms. The highest BCUT2D eigenvalue weighted by molar-refractivity contribution is 6.31. The molecular formula is C17H16ClN3O2. The van der Waals surface area contributed by atoms with E-state index in [-0.39, 0.29) is 6.10 Å². The van der Waals surface area contributed by atoms with Gasteiger partial charge in [0.2, 0.25) is 0 Å². The monoisotopic (exact) mass is 329 g/mol. The lowest BCUT2D eigenvalue weighted by Crippen LogP contribution is -2.24. The van der Waals surface area contributed by atoms with Gasteiger partial charge in [-0.25, -0.2) is 0 Å². The van der Waals surface area contributed by atoms with Crippen molar-refractivity contribution in [2.45, 2.75) is 19.4 Å². The van der Waals surface area contributed by atoms with Crippen LogP contribution < -0.4 is 9.64 Å². The zero-order chi connectivity index (χ0) is 15.8. The predicted molar refractivity (Wildman–Crippen MR) is 89.2 cm³/mol. The number of pyridine rings is 1. The highest BCUT2D eigenvalue weighted by atomic mass is 35.5. The summed E-state index contributed by atoms with van der Waals surface area (Å²) in [6.45, 7) is 3.61. The Kier molecular flexibility index (Phi) is 3.58. The summed E-state index contributed by atoms with van der Waals surface area (Å²) in [5.41, 5.74) is 2.57. The van der Waals surface area contributed by atoms with E-state index in [9.17, 15) is 0 Å². The third kappa shape index (κ3) is 2.84. The molecule has 23 heavy (non-hydrogen) atoms. The molecule has 3 heterocycles. The van der Waals surface area contributed by atoms with Crippen molar-refractivity contribution in [2.75, 3.05) is 18.0 Å². The van der Waals surface area contributed by atoms with Crippen molar-refractivity contribution in [1.82, 2.24) is 9.97 Å². The molecule has 1 aliphatic rings. The van der Waals surface area contributed by atoms with Gasteiger partial charge in [0, 0.05) is 35.9 Å². The van der Waals surface area contributed by atoms with Gasteiger partial charge >= 0.3 is 0 Å². The van der Waals surface area contributed by atoms with Crippen LogP contribution in [0.1, 0.15) is 12.0 Å². The summed E-state index contributed by atoms with van der Waals surface area (Å²) in [4.78, 5) is 10.7. The number of hydrogen-bond acceptors (Lipinski definition) is 5. The van der Waals surface area contributed by atoms with Crippen LogP contribution in [0.5, 0.6) is 5.75 Å². The van der Waals surface area contributed by atoms with Crippen molar-refractivity contribution in [3.63, 3.8) is 0 Å². The SMILES string of the molecule is Cc1cnccc1OC1CCN(c2nc3cc(Cl)ccc3o2)C1. The number of nitrogens with zero attached hydrogens (tertiary/aromatic N) is 3. The summed E-state index contributed by atoms with van der Waals surface area (Å²) in [5.74, 6) is 0.885. The summed E-state index contributed by atoms with van der Waals surface area (Å²) in [7, 11) is 0. The van der Waals surface area contributed by atoms with E-state index in [0.29, 0.717) is 11.0 Å². The van der Waals surface area contributed by atoms with Crippen molar-refractivity contribution < 1.29 is 9.15 Å². The Labute approximate surface area is 138 Å². The lowest BCUT2D eigenvalue weighted by atomic mass is 10.2. The normalized spacial score (nSPS) is 17.8. The number of fused-ring (bicyclic) bond motifs is 1. The lowest BCUT2D eigenvalue weighted by molar-refractivity contribution is 0.223. The van der Waals surface area contributed by atoms with Crippen LogP contribution in [0.4, 0.5) is 6.01 Å². The smallest absolute Gasteiger partial charge is 0.298 e. The van der Waals surface area contributed by atoms with Crippen LogP contribution in [0.3, 0.4) is 0 Å². The molecule has 0 N–H and O–H groups in total. The van der Waals surface area contributed by atoms with E-state index in [0.717, 1.165) is 41.9 Å². The molecule has 1 fully saturated rings. The van der Waals surface area contributed by atoms with Gasteiger partial charge < -0.3 is 14.1 Å². The van der Waals surface area contributed by atoms with Gasteiger partial charge in [-0.2, -0.15) is 4.98 Å². The van der Waals surface area contributed by atoms with Gasteiger partial charge in [0.25, 0.3) is 6.01 Å². The third-order valence-corrected chi connectivity index (χ3v) is 4.25. The number of halogens is 1. The molecule has 0 radical (unpaired) electrons. The van der Waals surface area contributed by atoms with Gasteiger partial charge in [0.05, 0.1) is 6.54 Å². The molecular weight excluding hydrogens is 314 g/mol. The molecule has 0 amide bonds. The van der Waals surface area contributed by atoms with Crippen LogP contribution in [-0.2, 0) is 0 Å². The van der Waals surface area contributed by atoms with E-state index in [1.165, 1.54) is 0 Å². The molecule has 1 unspecified atom stereocenters. The topological polar surface area (TPSA) is 51.4 Å². The molecule has 5 nitrogen and oxygen atoms in total. The first-order valence-corrected chi connectivity index (χ1v) is 7.95. The molecule has 0 bridgehead atoms. The fourth-order valence-corrected chi connectivity index (χ4v) is 2.96. The molecule has 6 heteroatoms. The first kappa shape index (κ1) is 14.3. The summed E-state index contributed by atoms with van der Waals surface area (Å²) >= 11 is 6.00. The van der Waals surface area contributed by atoms with Crippen molar-refractivity contribution in [2.24, 2.45) is 0 Å². The van der Waals surface area contributed by atoms with Crippen LogP contribution in [0.2, 0.25) is 5.02 Å². The Morgan fingerprint density at radius 2 is 2.26 bits per heavy atom. The average Bonchev–Trinajstić information content (AvgIpc) is 3.15. The first-order valence-electron chi connectivity index (χ1n) is 7.57. The van der Waals surface area contributed by atoms with E-state index < -0.39 is 0 Å². The molecule has 1 atom stereocenters. The van der Waals surface area contributed by atoms with Crippen molar-refractivity contribution in [1.29, 1.82) is 0 Å². The largest absolute Gasteiger partial charge is 0.488 e. The second-order valence-corrected chi connectivity index (χ2v) is 6.16. The lowest BCUT2D eigenvalue weighted by Gasteiger charge is -2.16. The van der Waals surface area contributed by atoms with Gasteiger partial charge in [-0.1, -0.05) is 11.6 Å². The van der Waals surface area contributed by atoms with E-state index in [2.05, 4.69) is 14.9 Å². The number of hydrogen-bond donors (Lipinski definition) is 0. The maximum atomic E-state index is 6.08. The van der Waals surface area contributed by atoms with Gasteiger partial charge in [0.15, 0.2) is 5.58 Å². The summed E-state index contributed by atoms with van der Waals surface area (Å²) in [5, 5.41) is 0.660. The van der Waals surface area contributed by atoms with Gasteiger partial charge in [-0.15, -0.1) is 0 Å². The van der Waals surface area contributed by atoms with Gasteiger partial charge in [-0.05, 0) is 31.2 Å². The maximum Gasteiger partial charge on any atom is 0.298 e. The minimum Gasteiger partial charge on any atom is -0.488 e. The second-order valence-electron chi connectivity index (χ2n) is 5.72. The Morgan fingerprint density at radius 3 is 3.13 bits per heavy atom. The van der Waals surface area contributed by atoms with E-state index in [1.807, 2.05) is 31.3 Å². The summed E-state index contributed by atoms with van der Waals surface area (Å²) in [6.07, 6.45) is 4.61. The van der Waals surface area contributed by atoms with Crippen LogP contribution in [-0.4, -0.2) is 29.2 Å². The van der Waals surface area contributed by atoms with Gasteiger partial charge in [0.1, 0.15) is 17.4 Å². The van der Waals surface area contributed by atoms with Crippen molar-refractivity contribution in [3.8, 4) is 5.75 Å². The number of benzene rings is 1. The number of anilines is 1. The van der Waals surface area contributed by atoms with Crippen LogP contribution in [0.15, 0.2) is 41.1 Å². The average molecular weight is 330 g/mol. The van der Waals surface area contributed by atoms with E-state index in [4.69, 9.17) is 20.8 Å². The number of aromatic nitrogens is 2. The zero-order valence-electron chi connectivity index (χ0n) is 12.7. The fourth-order valence-electron chi connectivity index (χ4n) is 2.79. The number of oxazole rings is 1. The third-order valence-electron chi connectivity index (χ3n) is 4.02. The Hall–Kier alpha value is -2.27. The van der Waals surface area contributed by atoms with Crippen LogP contribution in [0.25, 0.3) is 11.1 Å². The number of aryl methyl sites for hydroxylation is 1. The molecule has 1 saturated heterocycles. The van der Waals surface area contributed by atoms with Crippen molar-refractivity contribution >= 4 is 28.7 Å². The number of ether oxygens (including phenoxy) is 1. The Morgan fingerprint density at radius 1 is 1.35 bits per heavy atom. The molecule has 1 aliphatic heterocycles. The highest BCUT2D eigenvalue weighted by Crippen LogP contribution is 2.28. The first-order chi connectivity index (χ1) is 11.2. The van der Waals surface area contributed by atoms with Crippen LogP contribution >= 0.6 is 11.6 Å². The minimum atomic E-state index is 0.120. The van der Waals surface area contributed by atoms with Crippen molar-refractivity contribution in [3.05, 3.63) is 47.2 Å². The molecule has 1 aromatic carbocycles. The number of rotatable bonds is 3. The van der Waals surface area contributed by atoms with Crippen LogP contribution in [0, 0.1) is 6.92 Å². The second kappa shape index (κ2) is 5.74. The molecule has 0 saturated carbocycles. The summed E-state index contributed by atoms with van der Waals surface area (Å²) < 4.78 is 11.9. The van der Waals surface area contributed by atoms with E-state index in [1.54, 1.807) is 12.3 Å². The Balaban J connectivity index is 1.50.